The molecule has 0 heterocycles. The molecule has 31 heavy (non-hydrogen) atoms. The Labute approximate surface area is 205 Å². The van der Waals surface area contributed by atoms with Crippen LogP contribution in [-0.4, -0.2) is 3.79 Å². The molecule has 3 fully saturated rings. The minimum atomic E-state index is 0.391. The Morgan fingerprint density at radius 1 is 0.871 bits per heavy atom. The van der Waals surface area contributed by atoms with Crippen LogP contribution in [0.1, 0.15) is 116 Å². The van der Waals surface area contributed by atoms with Crippen LogP contribution in [0.4, 0.5) is 0 Å². The average molecular weight is 537 g/mol. The van der Waals surface area contributed by atoms with Gasteiger partial charge in [-0.15, -0.1) is 0 Å². The highest BCUT2D eigenvalue weighted by atomic mass is 127. The Balaban J connectivity index is 1.30. The van der Waals surface area contributed by atoms with Crippen LogP contribution >= 0.6 is 22.6 Å². The molecule has 1 nitrogen and oxygen atoms in total. The third-order valence-electron chi connectivity index (χ3n) is 10.7. The van der Waals surface area contributed by atoms with Crippen LogP contribution in [-0.2, 0) is 4.79 Å². The fourth-order valence-electron chi connectivity index (χ4n) is 9.48. The van der Waals surface area contributed by atoms with Crippen LogP contribution in [0.15, 0.2) is 11.1 Å². The monoisotopic (exact) mass is 536 g/mol. The summed E-state index contributed by atoms with van der Waals surface area (Å²) < 4.78 is 0.391. The molecule has 5 aliphatic carbocycles. The summed E-state index contributed by atoms with van der Waals surface area (Å²) in [5.74, 6) is 7.49. The van der Waals surface area contributed by atoms with Gasteiger partial charge in [-0.2, -0.15) is 0 Å². The molecule has 0 amide bonds. The van der Waals surface area contributed by atoms with Gasteiger partial charge in [-0.1, -0.05) is 63.0 Å². The standard InChI is InChI=1S/C29H45IO/c1-2-7-19(18-29(30)31)20-8-5-9-21(16-20)22-14-15-27-24-11-4-3-10-23(24)25-12-6-13-26(25)28(27)17-22/h19-26H,2-18H2,1H3. The Bertz CT molecular complexity index is 680. The van der Waals surface area contributed by atoms with E-state index in [1.54, 1.807) is 12.8 Å². The first-order valence-corrected chi connectivity index (χ1v) is 15.1. The summed E-state index contributed by atoms with van der Waals surface area (Å²) in [5, 5.41) is 0. The van der Waals surface area contributed by atoms with Crippen molar-refractivity contribution in [3.8, 4) is 0 Å². The SMILES string of the molecule is CCCC(CC(=O)I)C1CCCC(C2CCC3=C(C2)C2CCCC2C2CCCCC32)C1. The first kappa shape index (κ1) is 22.9. The van der Waals surface area contributed by atoms with Crippen molar-refractivity contribution in [2.75, 3.05) is 0 Å². The fourth-order valence-corrected chi connectivity index (χ4v) is 10.0. The zero-order valence-electron chi connectivity index (χ0n) is 19.9. The minimum Gasteiger partial charge on any atom is -0.288 e. The van der Waals surface area contributed by atoms with Gasteiger partial charge >= 0.3 is 0 Å². The summed E-state index contributed by atoms with van der Waals surface area (Å²) in [4.78, 5) is 11.9. The highest BCUT2D eigenvalue weighted by Crippen LogP contribution is 2.59. The summed E-state index contributed by atoms with van der Waals surface area (Å²) in [6, 6.07) is 0. The van der Waals surface area contributed by atoms with Crippen molar-refractivity contribution in [2.24, 2.45) is 47.3 Å². The van der Waals surface area contributed by atoms with Gasteiger partial charge in [0.1, 0.15) is 0 Å². The lowest BCUT2D eigenvalue weighted by molar-refractivity contribution is -0.110. The van der Waals surface area contributed by atoms with E-state index in [9.17, 15) is 4.79 Å². The second kappa shape index (κ2) is 10.2. The molecule has 0 N–H and O–H groups in total. The van der Waals surface area contributed by atoms with Crippen molar-refractivity contribution in [1.82, 2.24) is 0 Å². The van der Waals surface area contributed by atoms with Crippen LogP contribution in [0.3, 0.4) is 0 Å². The molecule has 0 radical (unpaired) electrons. The number of hydrogen-bond acceptors (Lipinski definition) is 1. The van der Waals surface area contributed by atoms with E-state index < -0.39 is 0 Å². The average Bonchev–Trinajstić information content (AvgIpc) is 3.29. The predicted molar refractivity (Wildman–Crippen MR) is 138 cm³/mol. The number of rotatable bonds is 6. The molecule has 0 aromatic rings. The number of hydrogen-bond donors (Lipinski definition) is 0. The number of halogens is 1. The van der Waals surface area contributed by atoms with Crippen molar-refractivity contribution in [2.45, 2.75) is 116 Å². The van der Waals surface area contributed by atoms with E-state index in [1.165, 1.54) is 89.9 Å². The van der Waals surface area contributed by atoms with Gasteiger partial charge < -0.3 is 0 Å². The molecule has 0 aliphatic heterocycles. The smallest absolute Gasteiger partial charge is 0.192 e. The molecule has 0 spiro atoms. The summed E-state index contributed by atoms with van der Waals surface area (Å²) in [5.41, 5.74) is 4.03. The van der Waals surface area contributed by atoms with Gasteiger partial charge in [0, 0.05) is 6.42 Å². The maximum Gasteiger partial charge on any atom is 0.192 e. The van der Waals surface area contributed by atoms with Crippen LogP contribution in [0.2, 0.25) is 0 Å². The summed E-state index contributed by atoms with van der Waals surface area (Å²) in [6.07, 6.45) is 24.1. The molecule has 8 unspecified atom stereocenters. The van der Waals surface area contributed by atoms with Gasteiger partial charge in [0.05, 0.1) is 0 Å². The van der Waals surface area contributed by atoms with Gasteiger partial charge in [-0.3, -0.25) is 4.79 Å². The van der Waals surface area contributed by atoms with Crippen LogP contribution in [0, 0.1) is 47.3 Å². The lowest BCUT2D eigenvalue weighted by Gasteiger charge is -2.50. The number of carbonyl (C=O) groups is 1. The number of carbonyl (C=O) groups excluding carboxylic acids is 1. The molecule has 0 bridgehead atoms. The van der Waals surface area contributed by atoms with Crippen LogP contribution in [0.25, 0.3) is 0 Å². The quantitative estimate of drug-likeness (QED) is 0.188. The van der Waals surface area contributed by atoms with E-state index in [0.29, 0.717) is 9.71 Å². The molecule has 0 saturated heterocycles. The maximum atomic E-state index is 11.9. The van der Waals surface area contributed by atoms with Gasteiger partial charge in [0.15, 0.2) is 3.79 Å². The van der Waals surface area contributed by atoms with E-state index >= 15 is 0 Å². The van der Waals surface area contributed by atoms with Crippen LogP contribution in [0.5, 0.6) is 0 Å². The molecule has 2 heteroatoms. The zero-order valence-corrected chi connectivity index (χ0v) is 22.1. The molecule has 0 aromatic carbocycles. The molecule has 174 valence electrons. The molecular formula is C29H45IO. The van der Waals surface area contributed by atoms with E-state index in [4.69, 9.17) is 0 Å². The fraction of sp³-hybridized carbons (Fsp3) is 0.897. The first-order valence-electron chi connectivity index (χ1n) is 14.1. The van der Waals surface area contributed by atoms with Crippen molar-refractivity contribution in [3.63, 3.8) is 0 Å². The number of allylic oxidation sites excluding steroid dienone is 2. The van der Waals surface area contributed by atoms with Crippen molar-refractivity contribution < 1.29 is 4.79 Å². The van der Waals surface area contributed by atoms with Crippen molar-refractivity contribution >= 4 is 26.4 Å². The second-order valence-electron chi connectivity index (χ2n) is 12.1. The highest BCUT2D eigenvalue weighted by Gasteiger charge is 2.48. The second-order valence-corrected chi connectivity index (χ2v) is 13.3. The normalized spacial score (nSPS) is 41.3. The first-order chi connectivity index (χ1) is 15.2. The maximum absolute atomic E-state index is 11.9. The molecule has 8 atom stereocenters. The summed E-state index contributed by atoms with van der Waals surface area (Å²) in [6.45, 7) is 2.31. The molecule has 3 saturated carbocycles. The Hall–Kier alpha value is 0.140. The zero-order chi connectivity index (χ0) is 21.4. The van der Waals surface area contributed by atoms with Gasteiger partial charge in [0.25, 0.3) is 0 Å². The van der Waals surface area contributed by atoms with E-state index in [2.05, 4.69) is 6.92 Å². The van der Waals surface area contributed by atoms with E-state index in [1.807, 2.05) is 33.7 Å². The molecular weight excluding hydrogens is 491 g/mol. The third kappa shape index (κ3) is 4.72. The molecule has 0 aromatic heterocycles. The predicted octanol–water partition coefficient (Wildman–Crippen LogP) is 8.89. The largest absolute Gasteiger partial charge is 0.288 e. The van der Waals surface area contributed by atoms with Gasteiger partial charge in [-0.25, -0.2) is 0 Å². The van der Waals surface area contributed by atoms with Crippen molar-refractivity contribution in [1.29, 1.82) is 0 Å². The Morgan fingerprint density at radius 3 is 2.39 bits per heavy atom. The van der Waals surface area contributed by atoms with E-state index in [-0.39, 0.29) is 0 Å². The number of fused-ring (bicyclic) bond motifs is 5. The highest BCUT2D eigenvalue weighted by molar-refractivity contribution is 14.1. The third-order valence-corrected chi connectivity index (χ3v) is 11.1. The molecule has 5 aliphatic rings. The van der Waals surface area contributed by atoms with Gasteiger partial charge in [-0.05, 0) is 128 Å². The summed E-state index contributed by atoms with van der Waals surface area (Å²) in [7, 11) is 0. The minimum absolute atomic E-state index is 0.391. The van der Waals surface area contributed by atoms with Crippen molar-refractivity contribution in [3.05, 3.63) is 11.1 Å². The Morgan fingerprint density at radius 2 is 1.58 bits per heavy atom. The molecule has 5 rings (SSSR count). The van der Waals surface area contributed by atoms with Gasteiger partial charge in [0.2, 0.25) is 0 Å². The lowest BCUT2D eigenvalue weighted by Crippen LogP contribution is -2.39. The lowest BCUT2D eigenvalue weighted by atomic mass is 9.55. The topological polar surface area (TPSA) is 17.1 Å². The van der Waals surface area contributed by atoms with E-state index in [0.717, 1.165) is 47.8 Å². The Kier molecular flexibility index (Phi) is 7.52. The van der Waals surface area contributed by atoms with Crippen LogP contribution < -0.4 is 0 Å². The summed E-state index contributed by atoms with van der Waals surface area (Å²) >= 11 is 2.05.